The van der Waals surface area contributed by atoms with E-state index >= 15 is 0 Å². The number of imidazole rings is 2. The van der Waals surface area contributed by atoms with Gasteiger partial charge in [-0.15, -0.1) is 0 Å². The van der Waals surface area contributed by atoms with Crippen LogP contribution in [0, 0.1) is 5.92 Å². The minimum atomic E-state index is -0.339. The van der Waals surface area contributed by atoms with Gasteiger partial charge in [0.25, 0.3) is 0 Å². The number of methoxy groups -OCH3 is 1. The zero-order valence-electron chi connectivity index (χ0n) is 22.0. The molecular formula is C29H36N6O2. The lowest BCUT2D eigenvalue weighted by atomic mass is 9.95. The van der Waals surface area contributed by atoms with Crippen LogP contribution in [0.3, 0.4) is 0 Å². The van der Waals surface area contributed by atoms with Gasteiger partial charge >= 0.3 is 5.97 Å². The molecule has 2 aromatic carbocycles. The summed E-state index contributed by atoms with van der Waals surface area (Å²) in [7, 11) is 5.67. The van der Waals surface area contributed by atoms with E-state index in [1.165, 1.54) is 44.7 Å². The molecule has 8 nitrogen and oxygen atoms in total. The number of aromatic nitrogens is 4. The summed E-state index contributed by atoms with van der Waals surface area (Å²) in [5.41, 5.74) is 7.22. The first kappa shape index (κ1) is 24.0. The van der Waals surface area contributed by atoms with E-state index in [0.29, 0.717) is 17.5 Å². The van der Waals surface area contributed by atoms with Crippen molar-refractivity contribution in [3.8, 4) is 11.1 Å². The molecule has 37 heavy (non-hydrogen) atoms. The summed E-state index contributed by atoms with van der Waals surface area (Å²) in [4.78, 5) is 30.3. The fraction of sp³-hybridized carbons (Fsp3) is 0.483. The first-order valence-electron chi connectivity index (χ1n) is 13.5. The molecule has 0 spiro atoms. The Morgan fingerprint density at radius 2 is 1.97 bits per heavy atom. The standard InChI is InChI=1S/C29H36N6O2/c1-33(2)15-19-11-12-34(16-19)25-14-22(27-28(31-17-30-27)26(25)29(36)37-3)20-9-10-24-23(13-20)32-18-35(24)21-7-5-4-6-8-21/h9-10,13-14,17-19,21H,4-8,11-12,15-16H2,1-3H3,(H,30,31). The van der Waals surface area contributed by atoms with Crippen molar-refractivity contribution >= 4 is 33.7 Å². The molecule has 2 aromatic heterocycles. The molecule has 1 N–H and O–H groups in total. The zero-order valence-corrected chi connectivity index (χ0v) is 22.0. The smallest absolute Gasteiger partial charge is 0.342 e. The van der Waals surface area contributed by atoms with Gasteiger partial charge in [0.15, 0.2) is 0 Å². The topological polar surface area (TPSA) is 79.3 Å². The van der Waals surface area contributed by atoms with Gasteiger partial charge in [-0.3, -0.25) is 0 Å². The highest BCUT2D eigenvalue weighted by Crippen LogP contribution is 2.39. The van der Waals surface area contributed by atoms with Crippen molar-refractivity contribution in [2.45, 2.75) is 44.6 Å². The molecule has 1 saturated carbocycles. The SMILES string of the molecule is COC(=O)c1c(N2CCC(CN(C)C)C2)cc(-c2ccc3c(c2)ncn3C2CCCCC2)c2nc[nH]c12. The van der Waals surface area contributed by atoms with E-state index in [0.717, 1.165) is 59.4 Å². The number of carbonyl (C=O) groups is 1. The average molecular weight is 501 g/mol. The molecule has 1 unspecified atom stereocenters. The van der Waals surface area contributed by atoms with Gasteiger partial charge in [0.1, 0.15) is 5.56 Å². The molecule has 194 valence electrons. The van der Waals surface area contributed by atoms with Gasteiger partial charge in [-0.2, -0.15) is 0 Å². The van der Waals surface area contributed by atoms with Gasteiger partial charge < -0.3 is 24.1 Å². The Morgan fingerprint density at radius 3 is 2.76 bits per heavy atom. The van der Waals surface area contributed by atoms with Crippen LogP contribution in [-0.2, 0) is 4.74 Å². The van der Waals surface area contributed by atoms with Gasteiger partial charge in [-0.1, -0.05) is 25.3 Å². The lowest BCUT2D eigenvalue weighted by molar-refractivity contribution is 0.0603. The number of esters is 1. The summed E-state index contributed by atoms with van der Waals surface area (Å²) in [6.07, 6.45) is 11.1. The number of nitrogens with zero attached hydrogens (tertiary/aromatic N) is 5. The van der Waals surface area contributed by atoms with Crippen molar-refractivity contribution < 1.29 is 9.53 Å². The number of ether oxygens (including phenoxy) is 1. The fourth-order valence-electron chi connectivity index (χ4n) is 6.44. The number of anilines is 1. The van der Waals surface area contributed by atoms with E-state index in [1.54, 1.807) is 6.33 Å². The molecule has 2 fully saturated rings. The molecule has 0 bridgehead atoms. The van der Waals surface area contributed by atoms with Crippen LogP contribution in [0.15, 0.2) is 36.9 Å². The van der Waals surface area contributed by atoms with E-state index in [-0.39, 0.29) is 5.97 Å². The summed E-state index contributed by atoms with van der Waals surface area (Å²) in [6, 6.07) is 9.21. The number of H-pyrrole nitrogens is 1. The van der Waals surface area contributed by atoms with Crippen molar-refractivity contribution in [1.82, 2.24) is 24.4 Å². The number of hydrogen-bond acceptors (Lipinski definition) is 6. The Balaban J connectivity index is 1.44. The van der Waals surface area contributed by atoms with Crippen LogP contribution in [-0.4, -0.2) is 71.2 Å². The van der Waals surface area contributed by atoms with E-state index in [2.05, 4.69) is 62.7 Å². The second-order valence-electron chi connectivity index (χ2n) is 10.9. The van der Waals surface area contributed by atoms with E-state index in [1.807, 2.05) is 6.33 Å². The monoisotopic (exact) mass is 500 g/mol. The first-order valence-corrected chi connectivity index (χ1v) is 13.5. The largest absolute Gasteiger partial charge is 0.465 e. The van der Waals surface area contributed by atoms with E-state index in [4.69, 9.17) is 9.72 Å². The van der Waals surface area contributed by atoms with Crippen LogP contribution in [0.1, 0.15) is 54.9 Å². The lowest BCUT2D eigenvalue weighted by Crippen LogP contribution is -2.27. The number of benzene rings is 2. The van der Waals surface area contributed by atoms with E-state index in [9.17, 15) is 4.79 Å². The maximum atomic E-state index is 13.0. The average Bonchev–Trinajstić information content (AvgIpc) is 3.67. The molecule has 2 aliphatic rings. The zero-order chi connectivity index (χ0) is 25.5. The molecule has 6 rings (SSSR count). The highest BCUT2D eigenvalue weighted by Gasteiger charge is 2.30. The molecular weight excluding hydrogens is 464 g/mol. The number of rotatable bonds is 6. The highest BCUT2D eigenvalue weighted by molar-refractivity contribution is 6.11. The number of aromatic amines is 1. The summed E-state index contributed by atoms with van der Waals surface area (Å²) < 4.78 is 7.60. The Kier molecular flexibility index (Phi) is 6.36. The molecule has 0 radical (unpaired) electrons. The van der Waals surface area contributed by atoms with Gasteiger partial charge in [0.05, 0.1) is 47.5 Å². The van der Waals surface area contributed by atoms with Crippen molar-refractivity contribution in [2.24, 2.45) is 5.92 Å². The quantitative estimate of drug-likeness (QED) is 0.364. The summed E-state index contributed by atoms with van der Waals surface area (Å²) in [5.74, 6) is 0.218. The molecule has 1 saturated heterocycles. The Bertz CT molecular complexity index is 1430. The van der Waals surface area contributed by atoms with Gasteiger partial charge in [0, 0.05) is 31.2 Å². The number of nitrogens with one attached hydrogen (secondary N) is 1. The van der Waals surface area contributed by atoms with Crippen molar-refractivity contribution in [2.75, 3.05) is 45.7 Å². The second kappa shape index (κ2) is 9.82. The maximum Gasteiger partial charge on any atom is 0.342 e. The maximum absolute atomic E-state index is 13.0. The first-order chi connectivity index (χ1) is 18.0. The fourth-order valence-corrected chi connectivity index (χ4v) is 6.44. The molecule has 0 amide bonds. The molecule has 3 heterocycles. The third-order valence-electron chi connectivity index (χ3n) is 8.17. The van der Waals surface area contributed by atoms with Crippen molar-refractivity contribution in [3.63, 3.8) is 0 Å². The molecule has 1 aliphatic carbocycles. The number of carbonyl (C=O) groups excluding carboxylic acids is 1. The molecule has 4 aromatic rings. The minimum Gasteiger partial charge on any atom is -0.465 e. The van der Waals surface area contributed by atoms with E-state index < -0.39 is 0 Å². The summed E-state index contributed by atoms with van der Waals surface area (Å²) >= 11 is 0. The molecule has 1 aliphatic heterocycles. The van der Waals surface area contributed by atoms with Crippen LogP contribution in [0.4, 0.5) is 5.69 Å². The second-order valence-corrected chi connectivity index (χ2v) is 10.9. The summed E-state index contributed by atoms with van der Waals surface area (Å²) in [6.45, 7) is 2.85. The third kappa shape index (κ3) is 4.37. The molecule has 1 atom stereocenters. The van der Waals surface area contributed by atoms with Crippen LogP contribution < -0.4 is 4.90 Å². The minimum absolute atomic E-state index is 0.339. The van der Waals surface area contributed by atoms with Crippen molar-refractivity contribution in [1.29, 1.82) is 0 Å². The molecule has 8 heteroatoms. The van der Waals surface area contributed by atoms with Crippen LogP contribution in [0.5, 0.6) is 0 Å². The van der Waals surface area contributed by atoms with Gasteiger partial charge in [-0.25, -0.2) is 14.8 Å². The lowest BCUT2D eigenvalue weighted by Gasteiger charge is -2.24. The summed E-state index contributed by atoms with van der Waals surface area (Å²) in [5, 5.41) is 0. The Hall–Kier alpha value is -3.39. The van der Waals surface area contributed by atoms with Crippen molar-refractivity contribution in [3.05, 3.63) is 42.5 Å². The predicted molar refractivity (Wildman–Crippen MR) is 147 cm³/mol. The van der Waals surface area contributed by atoms with Gasteiger partial charge in [-0.05, 0) is 63.0 Å². The van der Waals surface area contributed by atoms with Crippen LogP contribution in [0.2, 0.25) is 0 Å². The highest BCUT2D eigenvalue weighted by atomic mass is 16.5. The number of hydrogen-bond donors (Lipinski definition) is 1. The predicted octanol–water partition coefficient (Wildman–Crippen LogP) is 5.26. The van der Waals surface area contributed by atoms with Crippen LogP contribution in [0.25, 0.3) is 33.2 Å². The van der Waals surface area contributed by atoms with Gasteiger partial charge in [0.2, 0.25) is 0 Å². The van der Waals surface area contributed by atoms with Crippen LogP contribution >= 0.6 is 0 Å². The third-order valence-corrected chi connectivity index (χ3v) is 8.17. The Morgan fingerprint density at radius 1 is 1.14 bits per heavy atom. The Labute approximate surface area is 217 Å². The number of fused-ring (bicyclic) bond motifs is 2. The normalized spacial score (nSPS) is 18.9.